The summed E-state index contributed by atoms with van der Waals surface area (Å²) in [5, 5.41) is 11.2. The van der Waals surface area contributed by atoms with Crippen molar-refractivity contribution in [1.82, 2.24) is 9.97 Å². The second-order valence-electron chi connectivity index (χ2n) is 10.2. The van der Waals surface area contributed by atoms with Gasteiger partial charge in [0.15, 0.2) is 0 Å². The SMILES string of the molecule is COc1ccc(N(Cc2ccccc2)c2nc(N3CCC(C#N)(c4ccccc4)CC3)nc3ccccc23)cc1. The maximum absolute atomic E-state index is 10.2. The molecule has 1 aromatic heterocycles. The number of benzene rings is 4. The summed E-state index contributed by atoms with van der Waals surface area (Å²) in [6.07, 6.45) is 1.45. The summed E-state index contributed by atoms with van der Waals surface area (Å²) >= 11 is 0. The zero-order chi connectivity index (χ0) is 27.4. The minimum Gasteiger partial charge on any atom is -0.497 e. The lowest BCUT2D eigenvalue weighted by Gasteiger charge is -2.38. The maximum Gasteiger partial charge on any atom is 0.227 e. The zero-order valence-corrected chi connectivity index (χ0v) is 22.6. The number of methoxy groups -OCH3 is 1. The molecule has 6 heteroatoms. The van der Waals surface area contributed by atoms with Crippen LogP contribution < -0.4 is 14.5 Å². The summed E-state index contributed by atoms with van der Waals surface area (Å²) in [4.78, 5) is 14.7. The summed E-state index contributed by atoms with van der Waals surface area (Å²) in [5.74, 6) is 2.36. The second-order valence-corrected chi connectivity index (χ2v) is 10.2. The molecule has 0 atom stereocenters. The van der Waals surface area contributed by atoms with Gasteiger partial charge >= 0.3 is 0 Å². The van der Waals surface area contributed by atoms with E-state index in [0.29, 0.717) is 25.6 Å². The molecule has 5 aromatic rings. The minimum atomic E-state index is -0.486. The van der Waals surface area contributed by atoms with Crippen LogP contribution in [-0.2, 0) is 12.0 Å². The van der Waals surface area contributed by atoms with Crippen molar-refractivity contribution in [1.29, 1.82) is 5.26 Å². The normalized spacial score (nSPS) is 14.4. The fraction of sp³-hybridized carbons (Fsp3) is 0.206. The first kappa shape index (κ1) is 25.4. The molecule has 0 bridgehead atoms. The predicted octanol–water partition coefficient (Wildman–Crippen LogP) is 7.04. The highest BCUT2D eigenvalue weighted by Gasteiger charge is 2.37. The van der Waals surface area contributed by atoms with Crippen LogP contribution in [0.3, 0.4) is 0 Å². The van der Waals surface area contributed by atoms with Crippen molar-refractivity contribution in [2.75, 3.05) is 30.0 Å². The monoisotopic (exact) mass is 525 g/mol. The number of hydrogen-bond acceptors (Lipinski definition) is 6. The van der Waals surface area contributed by atoms with E-state index in [4.69, 9.17) is 14.7 Å². The number of fused-ring (bicyclic) bond motifs is 1. The predicted molar refractivity (Wildman–Crippen MR) is 160 cm³/mol. The molecule has 0 aliphatic carbocycles. The largest absolute Gasteiger partial charge is 0.497 e. The van der Waals surface area contributed by atoms with Gasteiger partial charge < -0.3 is 14.5 Å². The molecule has 1 saturated heterocycles. The van der Waals surface area contributed by atoms with Gasteiger partial charge in [-0.1, -0.05) is 72.8 Å². The van der Waals surface area contributed by atoms with Crippen LogP contribution in [0.15, 0.2) is 109 Å². The molecular weight excluding hydrogens is 494 g/mol. The number of nitrogens with zero attached hydrogens (tertiary/aromatic N) is 5. The Morgan fingerprint density at radius 1 is 0.825 bits per heavy atom. The number of piperidine rings is 1. The first-order valence-corrected chi connectivity index (χ1v) is 13.6. The van der Waals surface area contributed by atoms with E-state index in [2.05, 4.69) is 70.5 Å². The fourth-order valence-electron chi connectivity index (χ4n) is 5.52. The maximum atomic E-state index is 10.2. The number of aromatic nitrogens is 2. The Labute approximate surface area is 235 Å². The van der Waals surface area contributed by atoms with E-state index < -0.39 is 5.41 Å². The van der Waals surface area contributed by atoms with Gasteiger partial charge in [0.05, 0.1) is 24.1 Å². The zero-order valence-electron chi connectivity index (χ0n) is 22.6. The van der Waals surface area contributed by atoms with Crippen molar-refractivity contribution in [3.63, 3.8) is 0 Å². The van der Waals surface area contributed by atoms with Gasteiger partial charge in [-0.15, -0.1) is 0 Å². The van der Waals surface area contributed by atoms with Crippen molar-refractivity contribution in [3.05, 3.63) is 120 Å². The lowest BCUT2D eigenvalue weighted by atomic mass is 9.74. The molecule has 0 amide bonds. The third kappa shape index (κ3) is 4.94. The van der Waals surface area contributed by atoms with Crippen molar-refractivity contribution in [2.24, 2.45) is 0 Å². The molecule has 0 N–H and O–H groups in total. The third-order valence-corrected chi connectivity index (χ3v) is 7.83. The van der Waals surface area contributed by atoms with Crippen LogP contribution in [0.5, 0.6) is 5.75 Å². The van der Waals surface area contributed by atoms with E-state index in [-0.39, 0.29) is 0 Å². The van der Waals surface area contributed by atoms with Gasteiger partial charge in [0.25, 0.3) is 0 Å². The molecule has 4 aromatic carbocycles. The Bertz CT molecular complexity index is 1620. The molecule has 198 valence electrons. The molecule has 6 nitrogen and oxygen atoms in total. The van der Waals surface area contributed by atoms with E-state index in [1.54, 1.807) is 7.11 Å². The summed E-state index contributed by atoms with van der Waals surface area (Å²) in [6, 6.07) is 39.5. The summed E-state index contributed by atoms with van der Waals surface area (Å²) < 4.78 is 5.43. The molecule has 1 fully saturated rings. The van der Waals surface area contributed by atoms with Crippen LogP contribution in [0.2, 0.25) is 0 Å². The fourth-order valence-corrected chi connectivity index (χ4v) is 5.52. The molecule has 1 aliphatic heterocycles. The van der Waals surface area contributed by atoms with Crippen LogP contribution in [0.4, 0.5) is 17.5 Å². The number of hydrogen-bond donors (Lipinski definition) is 0. The number of anilines is 3. The van der Waals surface area contributed by atoms with Gasteiger partial charge in [-0.2, -0.15) is 10.2 Å². The van der Waals surface area contributed by atoms with E-state index in [1.807, 2.05) is 54.6 Å². The standard InChI is InChI=1S/C34H31N5O/c1-40-29-18-16-28(17-19-29)39(24-26-10-4-2-5-11-26)32-30-14-8-9-15-31(30)36-33(37-32)38-22-20-34(25-35,21-23-38)27-12-6-3-7-13-27/h2-19H,20-24H2,1H3. The van der Waals surface area contributed by atoms with Gasteiger partial charge in [0, 0.05) is 30.7 Å². The lowest BCUT2D eigenvalue weighted by Crippen LogP contribution is -2.42. The number of nitriles is 1. The van der Waals surface area contributed by atoms with Gasteiger partial charge in [0.1, 0.15) is 11.6 Å². The Hall–Kier alpha value is -4.89. The summed E-state index contributed by atoms with van der Waals surface area (Å²) in [5.41, 5.74) is 3.70. The van der Waals surface area contributed by atoms with E-state index >= 15 is 0 Å². The highest BCUT2D eigenvalue weighted by Crippen LogP contribution is 2.38. The summed E-state index contributed by atoms with van der Waals surface area (Å²) in [6.45, 7) is 2.07. The van der Waals surface area contributed by atoms with Crippen LogP contribution in [0.1, 0.15) is 24.0 Å². The van der Waals surface area contributed by atoms with Crippen LogP contribution in [0.25, 0.3) is 10.9 Å². The third-order valence-electron chi connectivity index (χ3n) is 7.83. The molecule has 0 saturated carbocycles. The first-order chi connectivity index (χ1) is 19.7. The van der Waals surface area contributed by atoms with Crippen LogP contribution >= 0.6 is 0 Å². The van der Waals surface area contributed by atoms with Gasteiger partial charge in [0.2, 0.25) is 5.95 Å². The lowest BCUT2D eigenvalue weighted by molar-refractivity contribution is 0.412. The van der Waals surface area contributed by atoms with Gasteiger partial charge in [-0.3, -0.25) is 0 Å². The van der Waals surface area contributed by atoms with Crippen molar-refractivity contribution >= 4 is 28.4 Å². The molecule has 0 spiro atoms. The van der Waals surface area contributed by atoms with E-state index in [9.17, 15) is 5.26 Å². The number of rotatable bonds is 7. The van der Waals surface area contributed by atoms with Crippen molar-refractivity contribution in [2.45, 2.75) is 24.8 Å². The van der Waals surface area contributed by atoms with Crippen LogP contribution in [-0.4, -0.2) is 30.2 Å². The van der Waals surface area contributed by atoms with Crippen molar-refractivity contribution < 1.29 is 4.74 Å². The molecule has 40 heavy (non-hydrogen) atoms. The molecule has 1 aliphatic rings. The Morgan fingerprint density at radius 3 is 2.15 bits per heavy atom. The highest BCUT2D eigenvalue weighted by molar-refractivity contribution is 5.92. The smallest absolute Gasteiger partial charge is 0.227 e. The molecule has 0 radical (unpaired) electrons. The molecule has 2 heterocycles. The topological polar surface area (TPSA) is 65.3 Å². The quantitative estimate of drug-likeness (QED) is 0.227. The summed E-state index contributed by atoms with van der Waals surface area (Å²) in [7, 11) is 1.68. The average Bonchev–Trinajstić information content (AvgIpc) is 3.04. The number of ether oxygens (including phenoxy) is 1. The minimum absolute atomic E-state index is 0.486. The average molecular weight is 526 g/mol. The van der Waals surface area contributed by atoms with Gasteiger partial charge in [-0.25, -0.2) is 4.98 Å². The Morgan fingerprint density at radius 2 is 1.48 bits per heavy atom. The molecule has 0 unspecified atom stereocenters. The Kier molecular flexibility index (Phi) is 7.03. The van der Waals surface area contributed by atoms with E-state index in [0.717, 1.165) is 46.6 Å². The van der Waals surface area contributed by atoms with Crippen molar-refractivity contribution in [3.8, 4) is 11.8 Å². The van der Waals surface area contributed by atoms with Crippen LogP contribution in [0, 0.1) is 11.3 Å². The number of para-hydroxylation sites is 1. The van der Waals surface area contributed by atoms with Gasteiger partial charge in [-0.05, 0) is 60.4 Å². The highest BCUT2D eigenvalue weighted by atomic mass is 16.5. The molecular formula is C34H31N5O. The Balaban J connectivity index is 1.40. The second kappa shape index (κ2) is 11.1. The first-order valence-electron chi connectivity index (χ1n) is 13.6. The van der Waals surface area contributed by atoms with E-state index in [1.165, 1.54) is 5.56 Å². The molecule has 6 rings (SSSR count).